The fourth-order valence-electron chi connectivity index (χ4n) is 4.44. The van der Waals surface area contributed by atoms with E-state index in [-0.39, 0.29) is 24.5 Å². The Kier molecular flexibility index (Phi) is 6.96. The highest BCUT2D eigenvalue weighted by molar-refractivity contribution is 7.17. The molecule has 0 bridgehead atoms. The lowest BCUT2D eigenvalue weighted by molar-refractivity contribution is -0.0680. The van der Waals surface area contributed by atoms with Gasteiger partial charge in [0.25, 0.3) is 0 Å². The summed E-state index contributed by atoms with van der Waals surface area (Å²) in [5.74, 6) is 0.0747. The Hall–Kier alpha value is -2.96. The van der Waals surface area contributed by atoms with E-state index in [0.717, 1.165) is 26.4 Å². The maximum atomic E-state index is 13.1. The maximum Gasteiger partial charge on any atom is 0.411 e. The molecule has 2 aromatic carbocycles. The third-order valence-electron chi connectivity index (χ3n) is 6.41. The van der Waals surface area contributed by atoms with Gasteiger partial charge in [0, 0.05) is 24.4 Å². The lowest BCUT2D eigenvalue weighted by Crippen LogP contribution is -2.48. The van der Waals surface area contributed by atoms with E-state index in [4.69, 9.17) is 4.74 Å². The molecule has 0 radical (unpaired) electrons. The first-order valence-corrected chi connectivity index (χ1v) is 12.1. The Labute approximate surface area is 198 Å². The number of thiophene rings is 1. The number of hydrogen-bond acceptors (Lipinski definition) is 5. The minimum Gasteiger partial charge on any atom is -0.438 e. The summed E-state index contributed by atoms with van der Waals surface area (Å²) in [4.78, 5) is 28.3. The van der Waals surface area contributed by atoms with E-state index in [1.807, 2.05) is 73.7 Å². The Morgan fingerprint density at radius 3 is 2.45 bits per heavy atom. The van der Waals surface area contributed by atoms with E-state index < -0.39 is 5.60 Å². The molecule has 1 N–H and O–H groups in total. The normalized spacial score (nSPS) is 19.2. The zero-order chi connectivity index (χ0) is 23.4. The quantitative estimate of drug-likeness (QED) is 0.405. The Morgan fingerprint density at radius 1 is 1.12 bits per heavy atom. The molecule has 1 unspecified atom stereocenters. The summed E-state index contributed by atoms with van der Waals surface area (Å²) in [6.45, 7) is 4.23. The molecule has 1 amide bonds. The third kappa shape index (κ3) is 4.87. The molecule has 2 heterocycles. The number of cyclic esters (lactones) is 1. The van der Waals surface area contributed by atoms with Gasteiger partial charge in [-0.1, -0.05) is 54.6 Å². The number of amides is 1. The monoisotopic (exact) mass is 463 g/mol. The van der Waals surface area contributed by atoms with Crippen LogP contribution in [0, 0.1) is 0 Å². The van der Waals surface area contributed by atoms with Gasteiger partial charge >= 0.3 is 6.09 Å². The maximum absolute atomic E-state index is 13.1. The van der Waals surface area contributed by atoms with Crippen LogP contribution in [0.5, 0.6) is 0 Å². The second kappa shape index (κ2) is 9.89. The summed E-state index contributed by atoms with van der Waals surface area (Å²) in [5, 5.41) is 9.38. The van der Waals surface area contributed by atoms with Crippen molar-refractivity contribution in [3.63, 3.8) is 0 Å². The van der Waals surface area contributed by atoms with Gasteiger partial charge in [-0.25, -0.2) is 4.79 Å². The molecule has 1 aliphatic rings. The number of carbonyl (C=O) groups excluding carboxylic acids is 2. The summed E-state index contributed by atoms with van der Waals surface area (Å²) in [7, 11) is 0. The number of nitrogens with zero attached hydrogens (tertiary/aromatic N) is 1. The van der Waals surface area contributed by atoms with Crippen LogP contribution in [0.3, 0.4) is 0 Å². The molecule has 1 saturated heterocycles. The van der Waals surface area contributed by atoms with Gasteiger partial charge in [-0.15, -0.1) is 11.3 Å². The van der Waals surface area contributed by atoms with E-state index in [1.165, 1.54) is 11.3 Å². The highest BCUT2D eigenvalue weighted by Crippen LogP contribution is 2.40. The molecule has 0 aliphatic carbocycles. The molecule has 4 rings (SSSR count). The first kappa shape index (κ1) is 23.2. The van der Waals surface area contributed by atoms with Gasteiger partial charge in [0.05, 0.1) is 10.9 Å². The SMILES string of the molecule is CC(=O)c1ccc(-c2ccc([C@H](C)N3CCC(CCCO)(c4ccccc4)OC3=O)cc2)s1. The summed E-state index contributed by atoms with van der Waals surface area (Å²) < 4.78 is 6.08. The van der Waals surface area contributed by atoms with Crippen molar-refractivity contribution in [3.05, 3.63) is 82.7 Å². The predicted molar refractivity (Wildman–Crippen MR) is 130 cm³/mol. The fourth-order valence-corrected chi connectivity index (χ4v) is 5.35. The van der Waals surface area contributed by atoms with E-state index in [9.17, 15) is 14.7 Å². The summed E-state index contributed by atoms with van der Waals surface area (Å²) in [5.41, 5.74) is 2.36. The second-order valence-electron chi connectivity index (χ2n) is 8.52. The van der Waals surface area contributed by atoms with Crippen LogP contribution in [0.1, 0.15) is 60.0 Å². The number of Topliss-reactive ketones (excluding diaryl/α,β-unsaturated/α-hetero) is 1. The van der Waals surface area contributed by atoms with Crippen LogP contribution >= 0.6 is 11.3 Å². The van der Waals surface area contributed by atoms with E-state index in [1.54, 1.807) is 11.8 Å². The fraction of sp³-hybridized carbons (Fsp3) is 0.333. The van der Waals surface area contributed by atoms with E-state index in [2.05, 4.69) is 0 Å². The van der Waals surface area contributed by atoms with Crippen molar-refractivity contribution >= 4 is 23.2 Å². The largest absolute Gasteiger partial charge is 0.438 e. The van der Waals surface area contributed by atoms with Crippen molar-refractivity contribution in [1.82, 2.24) is 4.90 Å². The molecule has 2 atom stereocenters. The Bertz CT molecular complexity index is 1110. The smallest absolute Gasteiger partial charge is 0.411 e. The number of ether oxygens (including phenoxy) is 1. The topological polar surface area (TPSA) is 66.8 Å². The first-order valence-electron chi connectivity index (χ1n) is 11.3. The molecular formula is C27H29NO4S. The van der Waals surface area contributed by atoms with Gasteiger partial charge in [-0.3, -0.25) is 4.79 Å². The second-order valence-corrected chi connectivity index (χ2v) is 9.60. The van der Waals surface area contributed by atoms with Crippen molar-refractivity contribution < 1.29 is 19.4 Å². The van der Waals surface area contributed by atoms with Crippen LogP contribution in [0.25, 0.3) is 10.4 Å². The molecule has 1 aliphatic heterocycles. The summed E-state index contributed by atoms with van der Waals surface area (Å²) in [6, 6.07) is 21.7. The number of aliphatic hydroxyl groups excluding tert-OH is 1. The van der Waals surface area contributed by atoms with Crippen LogP contribution in [0.2, 0.25) is 0 Å². The van der Waals surface area contributed by atoms with Crippen molar-refractivity contribution in [3.8, 4) is 10.4 Å². The van der Waals surface area contributed by atoms with Crippen molar-refractivity contribution in [2.75, 3.05) is 13.2 Å². The summed E-state index contributed by atoms with van der Waals surface area (Å²) in [6.07, 6.45) is 1.52. The predicted octanol–water partition coefficient (Wildman–Crippen LogP) is 6.19. The number of carbonyl (C=O) groups is 2. The van der Waals surface area contributed by atoms with E-state index in [0.29, 0.717) is 25.8 Å². The minimum atomic E-state index is -0.700. The van der Waals surface area contributed by atoms with Crippen molar-refractivity contribution in [2.24, 2.45) is 0 Å². The number of rotatable bonds is 8. The van der Waals surface area contributed by atoms with Crippen LogP contribution in [0.4, 0.5) is 4.79 Å². The number of benzene rings is 2. The molecule has 6 heteroatoms. The Balaban J connectivity index is 1.49. The minimum absolute atomic E-state index is 0.0662. The lowest BCUT2D eigenvalue weighted by Gasteiger charge is -2.43. The van der Waals surface area contributed by atoms with Gasteiger partial charge in [0.15, 0.2) is 5.78 Å². The van der Waals surface area contributed by atoms with E-state index >= 15 is 0 Å². The Morgan fingerprint density at radius 2 is 1.85 bits per heavy atom. The van der Waals surface area contributed by atoms with Crippen molar-refractivity contribution in [1.29, 1.82) is 0 Å². The standard InChI is InChI=1S/C27H29NO4S/c1-19(21-9-11-22(12-10-21)25-14-13-24(33-25)20(2)30)28-17-16-27(15-6-18-29,32-26(28)31)23-7-4-3-5-8-23/h3-5,7-14,19,29H,6,15-18H2,1-2H3/t19-,27?/m0/s1. The third-order valence-corrected chi connectivity index (χ3v) is 7.65. The van der Waals surface area contributed by atoms with Crippen LogP contribution < -0.4 is 0 Å². The molecule has 1 aromatic heterocycles. The average molecular weight is 464 g/mol. The molecule has 0 saturated carbocycles. The molecule has 3 aromatic rings. The highest BCUT2D eigenvalue weighted by atomic mass is 32.1. The van der Waals surface area contributed by atoms with Gasteiger partial charge in [-0.2, -0.15) is 0 Å². The number of aliphatic hydroxyl groups is 1. The van der Waals surface area contributed by atoms with Gasteiger partial charge in [0.2, 0.25) is 0 Å². The van der Waals surface area contributed by atoms with Crippen LogP contribution in [0.15, 0.2) is 66.7 Å². The molecule has 0 spiro atoms. The number of hydrogen-bond donors (Lipinski definition) is 1. The zero-order valence-electron chi connectivity index (χ0n) is 19.0. The lowest BCUT2D eigenvalue weighted by atomic mass is 9.84. The average Bonchev–Trinajstić information content (AvgIpc) is 3.34. The van der Waals surface area contributed by atoms with Gasteiger partial charge in [0.1, 0.15) is 5.60 Å². The van der Waals surface area contributed by atoms with Crippen molar-refractivity contribution in [2.45, 2.75) is 44.8 Å². The molecule has 172 valence electrons. The van der Waals surface area contributed by atoms with Gasteiger partial charge < -0.3 is 14.7 Å². The molecule has 1 fully saturated rings. The molecule has 5 nitrogen and oxygen atoms in total. The van der Waals surface area contributed by atoms with Gasteiger partial charge in [-0.05, 0) is 55.5 Å². The van der Waals surface area contributed by atoms with Crippen LogP contribution in [-0.2, 0) is 10.3 Å². The highest BCUT2D eigenvalue weighted by Gasteiger charge is 2.43. The van der Waals surface area contributed by atoms with Crippen LogP contribution in [-0.4, -0.2) is 35.0 Å². The molecular weight excluding hydrogens is 434 g/mol. The first-order chi connectivity index (χ1) is 15.9. The zero-order valence-corrected chi connectivity index (χ0v) is 19.8. The summed E-state index contributed by atoms with van der Waals surface area (Å²) >= 11 is 1.49. The molecule has 33 heavy (non-hydrogen) atoms. The number of ketones is 1.